The molecule has 0 fully saturated rings. The number of rotatable bonds is 6. The first kappa shape index (κ1) is 16.8. The van der Waals surface area contributed by atoms with Gasteiger partial charge in [0.05, 0.1) is 18.7 Å². The summed E-state index contributed by atoms with van der Waals surface area (Å²) in [5, 5.41) is 2.89. The smallest absolute Gasteiger partial charge is 0.252 e. The van der Waals surface area contributed by atoms with Crippen molar-refractivity contribution in [2.24, 2.45) is 0 Å². The lowest BCUT2D eigenvalue weighted by Gasteiger charge is -2.25. The number of ether oxygens (including phenoxy) is 1. The molecule has 0 aliphatic heterocycles. The largest absolute Gasteiger partial charge is 0.497 e. The van der Waals surface area contributed by atoms with Gasteiger partial charge in [-0.25, -0.2) is 0 Å². The number of carbonyl (C=O) groups is 1. The van der Waals surface area contributed by atoms with Crippen molar-refractivity contribution in [2.45, 2.75) is 6.04 Å². The standard InChI is InChI=1S/C17H21N3O3/c1-20(2)15(12-5-4-6-14(9-12)23-3)11-19-17(22)13-7-8-16(21)18-10-13/h4-10,15H,11H2,1-3H3,(H,18,21)(H,19,22)/t15-/m1/s1. The van der Waals surface area contributed by atoms with E-state index in [2.05, 4.69) is 10.3 Å². The maximum Gasteiger partial charge on any atom is 0.252 e. The molecule has 0 aliphatic carbocycles. The van der Waals surface area contributed by atoms with Gasteiger partial charge in [0.25, 0.3) is 5.91 Å². The number of benzene rings is 1. The Balaban J connectivity index is 2.09. The minimum absolute atomic E-state index is 0.0109. The van der Waals surface area contributed by atoms with Crippen molar-refractivity contribution in [2.75, 3.05) is 27.7 Å². The Morgan fingerprint density at radius 3 is 2.70 bits per heavy atom. The maximum atomic E-state index is 12.2. The molecular formula is C17H21N3O3. The monoisotopic (exact) mass is 315 g/mol. The van der Waals surface area contributed by atoms with Crippen LogP contribution >= 0.6 is 0 Å². The van der Waals surface area contributed by atoms with Crippen LogP contribution in [0.3, 0.4) is 0 Å². The number of nitrogens with one attached hydrogen (secondary N) is 2. The van der Waals surface area contributed by atoms with Crippen LogP contribution in [0.4, 0.5) is 0 Å². The third kappa shape index (κ3) is 4.43. The Hall–Kier alpha value is -2.60. The van der Waals surface area contributed by atoms with Crippen molar-refractivity contribution in [3.8, 4) is 5.75 Å². The molecule has 2 rings (SSSR count). The average molecular weight is 315 g/mol. The normalized spacial score (nSPS) is 12.0. The van der Waals surface area contributed by atoms with Crippen LogP contribution in [0.25, 0.3) is 0 Å². The van der Waals surface area contributed by atoms with Gasteiger partial charge in [-0.2, -0.15) is 0 Å². The van der Waals surface area contributed by atoms with Crippen molar-refractivity contribution in [3.63, 3.8) is 0 Å². The molecule has 6 nitrogen and oxygen atoms in total. The van der Waals surface area contributed by atoms with Gasteiger partial charge in [-0.1, -0.05) is 12.1 Å². The first-order valence-electron chi connectivity index (χ1n) is 7.28. The Kier molecular flexibility index (Phi) is 5.54. The molecule has 6 heteroatoms. The second kappa shape index (κ2) is 7.60. The Bertz CT molecular complexity index is 705. The van der Waals surface area contributed by atoms with E-state index in [0.717, 1.165) is 11.3 Å². The van der Waals surface area contributed by atoms with Gasteiger partial charge in [0, 0.05) is 18.8 Å². The molecule has 1 aromatic heterocycles. The van der Waals surface area contributed by atoms with Crippen LogP contribution in [0.2, 0.25) is 0 Å². The third-order valence-corrected chi connectivity index (χ3v) is 3.60. The van der Waals surface area contributed by atoms with Crippen LogP contribution in [-0.2, 0) is 0 Å². The van der Waals surface area contributed by atoms with E-state index in [4.69, 9.17) is 4.74 Å². The number of pyridine rings is 1. The van der Waals surface area contributed by atoms with Crippen molar-refractivity contribution in [1.29, 1.82) is 0 Å². The molecule has 0 radical (unpaired) electrons. The zero-order chi connectivity index (χ0) is 16.8. The van der Waals surface area contributed by atoms with E-state index < -0.39 is 0 Å². The molecule has 0 unspecified atom stereocenters. The average Bonchev–Trinajstić information content (AvgIpc) is 2.55. The van der Waals surface area contributed by atoms with Gasteiger partial charge < -0.3 is 19.9 Å². The Morgan fingerprint density at radius 1 is 1.30 bits per heavy atom. The number of methoxy groups -OCH3 is 1. The van der Waals surface area contributed by atoms with E-state index in [9.17, 15) is 9.59 Å². The molecule has 0 saturated heterocycles. The number of aromatic nitrogens is 1. The predicted molar refractivity (Wildman–Crippen MR) is 88.8 cm³/mol. The highest BCUT2D eigenvalue weighted by Gasteiger charge is 2.16. The molecule has 1 amide bonds. The molecule has 0 aliphatic rings. The van der Waals surface area contributed by atoms with Gasteiger partial charge in [-0.3, -0.25) is 9.59 Å². The number of hydrogen-bond acceptors (Lipinski definition) is 4. The molecule has 122 valence electrons. The fraction of sp³-hybridized carbons (Fsp3) is 0.294. The fourth-order valence-corrected chi connectivity index (χ4v) is 2.29. The lowest BCUT2D eigenvalue weighted by Crippen LogP contribution is -2.34. The lowest BCUT2D eigenvalue weighted by molar-refractivity contribution is 0.0941. The minimum atomic E-state index is -0.232. The predicted octanol–water partition coefficient (Wildman–Crippen LogP) is 1.42. The molecule has 1 aromatic carbocycles. The van der Waals surface area contributed by atoms with Crippen LogP contribution in [0.15, 0.2) is 47.4 Å². The summed E-state index contributed by atoms with van der Waals surface area (Å²) >= 11 is 0. The maximum absolute atomic E-state index is 12.2. The summed E-state index contributed by atoms with van der Waals surface area (Å²) in [7, 11) is 5.54. The quantitative estimate of drug-likeness (QED) is 0.845. The molecule has 1 heterocycles. The number of aromatic amines is 1. The van der Waals surface area contributed by atoms with Crippen LogP contribution in [0.1, 0.15) is 22.0 Å². The van der Waals surface area contributed by atoms with E-state index in [1.54, 1.807) is 7.11 Å². The fourth-order valence-electron chi connectivity index (χ4n) is 2.29. The molecule has 1 atom stereocenters. The second-order valence-electron chi connectivity index (χ2n) is 5.41. The van der Waals surface area contributed by atoms with Gasteiger partial charge in [0.1, 0.15) is 5.75 Å². The molecule has 0 bridgehead atoms. The number of nitrogens with zero attached hydrogens (tertiary/aromatic N) is 1. The topological polar surface area (TPSA) is 74.4 Å². The molecular weight excluding hydrogens is 294 g/mol. The first-order chi connectivity index (χ1) is 11.0. The van der Waals surface area contributed by atoms with Crippen LogP contribution in [0, 0.1) is 0 Å². The third-order valence-electron chi connectivity index (χ3n) is 3.60. The summed E-state index contributed by atoms with van der Waals surface area (Å²) in [6.45, 7) is 0.443. The van der Waals surface area contributed by atoms with Crippen molar-refractivity contribution >= 4 is 5.91 Å². The Morgan fingerprint density at radius 2 is 2.09 bits per heavy atom. The second-order valence-corrected chi connectivity index (χ2v) is 5.41. The lowest BCUT2D eigenvalue weighted by atomic mass is 10.1. The zero-order valence-corrected chi connectivity index (χ0v) is 13.5. The van der Waals surface area contributed by atoms with E-state index in [1.165, 1.54) is 18.3 Å². The zero-order valence-electron chi connectivity index (χ0n) is 13.5. The molecule has 23 heavy (non-hydrogen) atoms. The summed E-state index contributed by atoms with van der Waals surface area (Å²) in [5.41, 5.74) is 1.24. The molecule has 0 saturated carbocycles. The first-order valence-corrected chi connectivity index (χ1v) is 7.28. The van der Waals surface area contributed by atoms with E-state index in [-0.39, 0.29) is 17.5 Å². The summed E-state index contributed by atoms with van der Waals surface area (Å²) < 4.78 is 5.25. The number of amides is 1. The van der Waals surface area contributed by atoms with Gasteiger partial charge >= 0.3 is 0 Å². The van der Waals surface area contributed by atoms with Crippen molar-refractivity contribution in [1.82, 2.24) is 15.2 Å². The summed E-state index contributed by atoms with van der Waals surface area (Å²) in [4.78, 5) is 27.7. The van der Waals surface area contributed by atoms with Crippen LogP contribution in [0.5, 0.6) is 5.75 Å². The van der Waals surface area contributed by atoms with Gasteiger partial charge in [-0.15, -0.1) is 0 Å². The number of carbonyl (C=O) groups excluding carboxylic acids is 1. The van der Waals surface area contributed by atoms with Gasteiger partial charge in [0.2, 0.25) is 5.56 Å². The highest BCUT2D eigenvalue weighted by atomic mass is 16.5. The number of hydrogen-bond donors (Lipinski definition) is 2. The van der Waals surface area contributed by atoms with Crippen molar-refractivity contribution in [3.05, 3.63) is 64.1 Å². The van der Waals surface area contributed by atoms with Crippen LogP contribution < -0.4 is 15.6 Å². The van der Waals surface area contributed by atoms with E-state index in [1.807, 2.05) is 43.3 Å². The van der Waals surface area contributed by atoms with Crippen LogP contribution in [-0.4, -0.2) is 43.5 Å². The molecule has 2 aromatic rings. The summed E-state index contributed by atoms with van der Waals surface area (Å²) in [6.07, 6.45) is 1.41. The SMILES string of the molecule is COc1cccc([C@@H](CNC(=O)c2ccc(=O)[nH]c2)N(C)C)c1. The summed E-state index contributed by atoms with van der Waals surface area (Å²) in [5.74, 6) is 0.553. The molecule has 0 spiro atoms. The number of likely N-dealkylation sites (N-methyl/N-ethyl adjacent to an activating group) is 1. The highest BCUT2D eigenvalue weighted by molar-refractivity contribution is 5.93. The summed E-state index contributed by atoms with van der Waals surface area (Å²) in [6, 6.07) is 10.6. The highest BCUT2D eigenvalue weighted by Crippen LogP contribution is 2.22. The Labute approximate surface area is 135 Å². The minimum Gasteiger partial charge on any atom is -0.497 e. The van der Waals surface area contributed by atoms with Gasteiger partial charge in [-0.05, 0) is 37.9 Å². The van der Waals surface area contributed by atoms with Gasteiger partial charge in [0.15, 0.2) is 0 Å². The van der Waals surface area contributed by atoms with Crippen molar-refractivity contribution < 1.29 is 9.53 Å². The van der Waals surface area contributed by atoms with E-state index in [0.29, 0.717) is 12.1 Å². The molecule has 2 N–H and O–H groups in total. The number of H-pyrrole nitrogens is 1. The van der Waals surface area contributed by atoms with E-state index >= 15 is 0 Å².